The van der Waals surface area contributed by atoms with Gasteiger partial charge in [0.1, 0.15) is 0 Å². The maximum absolute atomic E-state index is 5.64. The van der Waals surface area contributed by atoms with Crippen LogP contribution in [-0.2, 0) is 0 Å². The molecular weight excluding hydrogens is 224 g/mol. The van der Waals surface area contributed by atoms with E-state index in [9.17, 15) is 0 Å². The zero-order chi connectivity index (χ0) is 12.8. The lowest BCUT2D eigenvalue weighted by Gasteiger charge is -2.09. The van der Waals surface area contributed by atoms with Crippen molar-refractivity contribution in [3.8, 4) is 5.88 Å². The van der Waals surface area contributed by atoms with Gasteiger partial charge in [0.15, 0.2) is 0 Å². The fraction of sp³-hybridized carbons (Fsp3) is 0.400. The molecule has 0 radical (unpaired) electrons. The lowest BCUT2D eigenvalue weighted by molar-refractivity contribution is 0.296. The van der Waals surface area contributed by atoms with Crippen LogP contribution in [0.2, 0.25) is 0 Å². The summed E-state index contributed by atoms with van der Waals surface area (Å²) < 4.78 is 5.64. The van der Waals surface area contributed by atoms with Gasteiger partial charge in [-0.05, 0) is 25.1 Å². The normalized spacial score (nSPS) is 11.1. The van der Waals surface area contributed by atoms with Gasteiger partial charge in [-0.3, -0.25) is 0 Å². The molecule has 0 saturated heterocycles. The van der Waals surface area contributed by atoms with Crippen molar-refractivity contribution < 1.29 is 4.74 Å². The summed E-state index contributed by atoms with van der Waals surface area (Å²) in [5.74, 6) is 0.707. The van der Waals surface area contributed by atoms with Crippen LogP contribution in [0.5, 0.6) is 5.88 Å². The molecule has 0 unspecified atom stereocenters. The van der Waals surface area contributed by atoms with Crippen LogP contribution < -0.4 is 10.1 Å². The van der Waals surface area contributed by atoms with Crippen LogP contribution in [0.15, 0.2) is 36.4 Å². The quantitative estimate of drug-likeness (QED) is 0.793. The van der Waals surface area contributed by atoms with Crippen LogP contribution >= 0.6 is 0 Å². The maximum Gasteiger partial charge on any atom is 0.213 e. The standard InChI is InChI=1S/C15H20N2O/c1-12(2)16-10-5-11-18-15-9-8-13-6-3-4-7-14(13)17-15/h3-4,6-9,12,16H,5,10-11H2,1-2H3. The second-order valence-corrected chi connectivity index (χ2v) is 4.65. The minimum Gasteiger partial charge on any atom is -0.478 e. The van der Waals surface area contributed by atoms with Crippen molar-refractivity contribution in [1.82, 2.24) is 10.3 Å². The highest BCUT2D eigenvalue weighted by atomic mass is 16.5. The molecule has 18 heavy (non-hydrogen) atoms. The summed E-state index contributed by atoms with van der Waals surface area (Å²) in [5, 5.41) is 4.51. The van der Waals surface area contributed by atoms with Crippen molar-refractivity contribution in [2.24, 2.45) is 0 Å². The van der Waals surface area contributed by atoms with Crippen LogP contribution in [-0.4, -0.2) is 24.2 Å². The molecule has 1 aromatic carbocycles. The van der Waals surface area contributed by atoms with E-state index in [2.05, 4.69) is 30.2 Å². The SMILES string of the molecule is CC(C)NCCCOc1ccc2ccccc2n1. The number of benzene rings is 1. The lowest BCUT2D eigenvalue weighted by atomic mass is 10.2. The van der Waals surface area contributed by atoms with Gasteiger partial charge in [-0.25, -0.2) is 4.98 Å². The molecule has 1 aromatic heterocycles. The Morgan fingerprint density at radius 3 is 2.83 bits per heavy atom. The van der Waals surface area contributed by atoms with E-state index >= 15 is 0 Å². The number of fused-ring (bicyclic) bond motifs is 1. The molecule has 0 aliphatic carbocycles. The van der Waals surface area contributed by atoms with Gasteiger partial charge in [0, 0.05) is 17.5 Å². The van der Waals surface area contributed by atoms with Crippen molar-refractivity contribution >= 4 is 10.9 Å². The van der Waals surface area contributed by atoms with Crippen molar-refractivity contribution in [2.45, 2.75) is 26.3 Å². The number of ether oxygens (including phenoxy) is 1. The summed E-state index contributed by atoms with van der Waals surface area (Å²) in [6.45, 7) is 5.97. The fourth-order valence-corrected chi connectivity index (χ4v) is 1.77. The van der Waals surface area contributed by atoms with E-state index < -0.39 is 0 Å². The van der Waals surface area contributed by atoms with Gasteiger partial charge in [0.25, 0.3) is 0 Å². The molecule has 0 saturated carbocycles. The summed E-state index contributed by atoms with van der Waals surface area (Å²) in [5.41, 5.74) is 0.982. The van der Waals surface area contributed by atoms with E-state index in [1.54, 1.807) is 0 Å². The Kier molecular flexibility index (Phi) is 4.53. The van der Waals surface area contributed by atoms with Crippen LogP contribution in [0.3, 0.4) is 0 Å². The third kappa shape index (κ3) is 3.70. The summed E-state index contributed by atoms with van der Waals surface area (Å²) in [6.07, 6.45) is 0.993. The first-order valence-electron chi connectivity index (χ1n) is 6.47. The van der Waals surface area contributed by atoms with E-state index in [0.717, 1.165) is 23.9 Å². The van der Waals surface area contributed by atoms with Gasteiger partial charge in [0.2, 0.25) is 5.88 Å². The van der Waals surface area contributed by atoms with Crippen LogP contribution in [0, 0.1) is 0 Å². The van der Waals surface area contributed by atoms with E-state index in [1.165, 1.54) is 0 Å². The number of rotatable bonds is 6. The van der Waals surface area contributed by atoms with Crippen LogP contribution in [0.1, 0.15) is 20.3 Å². The van der Waals surface area contributed by atoms with E-state index in [0.29, 0.717) is 18.5 Å². The van der Waals surface area contributed by atoms with Crippen molar-refractivity contribution in [2.75, 3.05) is 13.2 Å². The third-order valence-electron chi connectivity index (χ3n) is 2.70. The Balaban J connectivity index is 1.84. The number of hydrogen-bond acceptors (Lipinski definition) is 3. The average molecular weight is 244 g/mol. The van der Waals surface area contributed by atoms with Crippen LogP contribution in [0.4, 0.5) is 0 Å². The molecule has 3 nitrogen and oxygen atoms in total. The first-order chi connectivity index (χ1) is 8.75. The molecule has 0 fully saturated rings. The topological polar surface area (TPSA) is 34.1 Å². The summed E-state index contributed by atoms with van der Waals surface area (Å²) in [7, 11) is 0. The molecule has 0 aliphatic heterocycles. The molecule has 0 amide bonds. The lowest BCUT2D eigenvalue weighted by Crippen LogP contribution is -2.24. The Labute approximate surface area is 108 Å². The molecule has 1 N–H and O–H groups in total. The number of hydrogen-bond donors (Lipinski definition) is 1. The van der Waals surface area contributed by atoms with Gasteiger partial charge in [-0.1, -0.05) is 32.0 Å². The van der Waals surface area contributed by atoms with Crippen LogP contribution in [0.25, 0.3) is 10.9 Å². The van der Waals surface area contributed by atoms with Gasteiger partial charge >= 0.3 is 0 Å². The average Bonchev–Trinajstić information content (AvgIpc) is 2.38. The summed E-state index contributed by atoms with van der Waals surface area (Å²) >= 11 is 0. The largest absolute Gasteiger partial charge is 0.478 e. The highest BCUT2D eigenvalue weighted by Crippen LogP contribution is 2.15. The zero-order valence-electron chi connectivity index (χ0n) is 11.0. The van der Waals surface area contributed by atoms with Gasteiger partial charge in [-0.15, -0.1) is 0 Å². The Morgan fingerprint density at radius 1 is 1.17 bits per heavy atom. The van der Waals surface area contributed by atoms with Crippen molar-refractivity contribution in [1.29, 1.82) is 0 Å². The number of aromatic nitrogens is 1. The zero-order valence-corrected chi connectivity index (χ0v) is 11.0. The van der Waals surface area contributed by atoms with Gasteiger partial charge in [-0.2, -0.15) is 0 Å². The smallest absolute Gasteiger partial charge is 0.213 e. The number of nitrogens with one attached hydrogen (secondary N) is 1. The molecule has 3 heteroatoms. The Morgan fingerprint density at radius 2 is 2.00 bits per heavy atom. The second kappa shape index (κ2) is 6.36. The molecule has 0 bridgehead atoms. The molecule has 0 spiro atoms. The van der Waals surface area contributed by atoms with Gasteiger partial charge in [0.05, 0.1) is 12.1 Å². The predicted molar refractivity (Wildman–Crippen MR) is 75.0 cm³/mol. The molecule has 2 aromatic rings. The number of pyridine rings is 1. The number of nitrogens with zero attached hydrogens (tertiary/aromatic N) is 1. The Bertz CT molecular complexity index is 497. The minimum atomic E-state index is 0.531. The Hall–Kier alpha value is -1.61. The third-order valence-corrected chi connectivity index (χ3v) is 2.70. The van der Waals surface area contributed by atoms with Crippen molar-refractivity contribution in [3.05, 3.63) is 36.4 Å². The first kappa shape index (κ1) is 12.8. The van der Waals surface area contributed by atoms with E-state index in [-0.39, 0.29) is 0 Å². The predicted octanol–water partition coefficient (Wildman–Crippen LogP) is 3.00. The minimum absolute atomic E-state index is 0.531. The molecule has 1 heterocycles. The molecule has 0 atom stereocenters. The number of para-hydroxylation sites is 1. The highest BCUT2D eigenvalue weighted by Gasteiger charge is 1.98. The molecule has 96 valence electrons. The van der Waals surface area contributed by atoms with Crippen molar-refractivity contribution in [3.63, 3.8) is 0 Å². The molecule has 0 aliphatic rings. The summed E-state index contributed by atoms with van der Waals surface area (Å²) in [6, 6.07) is 12.6. The fourth-order valence-electron chi connectivity index (χ4n) is 1.77. The molecule has 2 rings (SSSR count). The summed E-state index contributed by atoms with van der Waals surface area (Å²) in [4.78, 5) is 4.47. The maximum atomic E-state index is 5.64. The second-order valence-electron chi connectivity index (χ2n) is 4.65. The van der Waals surface area contributed by atoms with E-state index in [1.807, 2.05) is 30.3 Å². The molecular formula is C15H20N2O. The highest BCUT2D eigenvalue weighted by molar-refractivity contribution is 5.78. The first-order valence-corrected chi connectivity index (χ1v) is 6.47. The monoisotopic (exact) mass is 244 g/mol. The van der Waals surface area contributed by atoms with Gasteiger partial charge < -0.3 is 10.1 Å². The van der Waals surface area contributed by atoms with E-state index in [4.69, 9.17) is 4.74 Å².